The van der Waals surface area contributed by atoms with Crippen molar-refractivity contribution in [2.75, 3.05) is 13.2 Å². The summed E-state index contributed by atoms with van der Waals surface area (Å²) >= 11 is 0. The van der Waals surface area contributed by atoms with Gasteiger partial charge in [-0.25, -0.2) is 15.0 Å². The Morgan fingerprint density at radius 1 is 0.535 bits per heavy atom. The van der Waals surface area contributed by atoms with E-state index in [1.807, 2.05) is 57.2 Å². The molecule has 4 aromatic rings. The van der Waals surface area contributed by atoms with Crippen LogP contribution in [0.3, 0.4) is 0 Å². The summed E-state index contributed by atoms with van der Waals surface area (Å²) in [5, 5.41) is 22.5. The lowest BCUT2D eigenvalue weighted by atomic mass is 10.1. The average Bonchev–Trinajstić information content (AvgIpc) is 3.01. The molecule has 0 amide bonds. The number of phenolic OH excluding ortho intramolecular Hbond substituents is 2. The zero-order valence-electron chi connectivity index (χ0n) is 26.2. The maximum Gasteiger partial charge on any atom is 0.167 e. The molecule has 1 aromatic heterocycles. The van der Waals surface area contributed by atoms with Crippen molar-refractivity contribution in [3.63, 3.8) is 0 Å². The number of ether oxygens (including phenoxy) is 2. The van der Waals surface area contributed by atoms with Gasteiger partial charge in [0, 0.05) is 16.7 Å². The number of unbranched alkanes of at least 4 members (excludes halogenated alkanes) is 6. The number of nitrogens with zero attached hydrogens (tertiary/aromatic N) is 3. The van der Waals surface area contributed by atoms with Crippen LogP contribution >= 0.6 is 0 Å². The van der Waals surface area contributed by atoms with Crippen LogP contribution in [0.15, 0.2) is 48.5 Å². The van der Waals surface area contributed by atoms with E-state index in [0.29, 0.717) is 64.4 Å². The van der Waals surface area contributed by atoms with Gasteiger partial charge in [-0.2, -0.15) is 0 Å². The SMILES string of the molecule is CCCCCCOc1ccc(-c2nc(-c3ccc(C)cc3)nc(-c3ccc(OCCCCCC)c(C)c3O)n2)c(O)c1C. The molecule has 0 aliphatic rings. The monoisotopic (exact) mass is 583 g/mol. The Labute approximate surface area is 256 Å². The first kappa shape index (κ1) is 31.8. The summed E-state index contributed by atoms with van der Waals surface area (Å²) in [5.41, 5.74) is 4.13. The van der Waals surface area contributed by atoms with Crippen LogP contribution in [0.5, 0.6) is 23.0 Å². The molecule has 0 aliphatic heterocycles. The molecular weight excluding hydrogens is 538 g/mol. The smallest absolute Gasteiger partial charge is 0.167 e. The van der Waals surface area contributed by atoms with E-state index in [1.54, 1.807) is 12.1 Å². The molecule has 0 saturated heterocycles. The van der Waals surface area contributed by atoms with Crippen LogP contribution in [0.2, 0.25) is 0 Å². The summed E-state index contributed by atoms with van der Waals surface area (Å²) in [7, 11) is 0. The maximum absolute atomic E-state index is 11.3. The molecule has 0 saturated carbocycles. The van der Waals surface area contributed by atoms with Crippen LogP contribution in [0.1, 0.15) is 81.9 Å². The number of hydrogen-bond acceptors (Lipinski definition) is 7. The molecule has 1 heterocycles. The van der Waals surface area contributed by atoms with Crippen LogP contribution < -0.4 is 9.47 Å². The van der Waals surface area contributed by atoms with E-state index < -0.39 is 0 Å². The van der Waals surface area contributed by atoms with Gasteiger partial charge in [0.1, 0.15) is 23.0 Å². The summed E-state index contributed by atoms with van der Waals surface area (Å²) in [6, 6.07) is 15.2. The molecule has 7 heteroatoms. The minimum atomic E-state index is 0.0605. The molecule has 0 bridgehead atoms. The van der Waals surface area contributed by atoms with Gasteiger partial charge in [0.05, 0.1) is 24.3 Å². The number of hydrogen-bond donors (Lipinski definition) is 2. The molecule has 0 radical (unpaired) electrons. The molecule has 0 aliphatic carbocycles. The van der Waals surface area contributed by atoms with Crippen molar-refractivity contribution in [2.45, 2.75) is 86.0 Å². The highest BCUT2D eigenvalue weighted by molar-refractivity contribution is 5.75. The summed E-state index contributed by atoms with van der Waals surface area (Å²) in [6.07, 6.45) is 8.88. The third-order valence-corrected chi connectivity index (χ3v) is 7.70. The quantitative estimate of drug-likeness (QED) is 0.135. The average molecular weight is 584 g/mol. The van der Waals surface area contributed by atoms with Gasteiger partial charge in [-0.15, -0.1) is 0 Å². The van der Waals surface area contributed by atoms with Gasteiger partial charge in [0.25, 0.3) is 0 Å². The Morgan fingerprint density at radius 3 is 1.42 bits per heavy atom. The van der Waals surface area contributed by atoms with E-state index in [2.05, 4.69) is 13.8 Å². The van der Waals surface area contributed by atoms with Crippen molar-refractivity contribution >= 4 is 0 Å². The minimum Gasteiger partial charge on any atom is -0.507 e. The summed E-state index contributed by atoms with van der Waals surface area (Å²) in [5.74, 6) is 2.47. The number of aryl methyl sites for hydroxylation is 1. The van der Waals surface area contributed by atoms with Gasteiger partial charge in [-0.05, 0) is 57.9 Å². The fourth-order valence-corrected chi connectivity index (χ4v) is 4.91. The lowest BCUT2D eigenvalue weighted by molar-refractivity contribution is 0.301. The first-order valence-electron chi connectivity index (χ1n) is 15.6. The second-order valence-electron chi connectivity index (χ2n) is 11.2. The fraction of sp³-hybridized carbons (Fsp3) is 0.417. The Kier molecular flexibility index (Phi) is 11.4. The molecule has 0 atom stereocenters. The van der Waals surface area contributed by atoms with Crippen LogP contribution in [0.25, 0.3) is 34.2 Å². The van der Waals surface area contributed by atoms with Crippen molar-refractivity contribution in [3.8, 4) is 57.2 Å². The number of aromatic nitrogens is 3. The highest BCUT2D eigenvalue weighted by Gasteiger charge is 2.20. The Hall–Kier alpha value is -4.13. The van der Waals surface area contributed by atoms with Gasteiger partial charge in [-0.3, -0.25) is 0 Å². The Morgan fingerprint density at radius 2 is 0.977 bits per heavy atom. The molecule has 0 fully saturated rings. The molecule has 4 rings (SSSR count). The standard InChI is InChI=1S/C36H45N3O4/c1-6-8-10-12-22-42-30-20-18-28(32(40)25(30)4)35-37-34(27-16-14-24(3)15-17-27)38-36(39-35)29-19-21-31(26(5)33(29)41)43-23-13-11-9-7-2/h14-21,40-41H,6-13,22-23H2,1-5H3. The Balaban J connectivity index is 1.71. The number of aromatic hydroxyl groups is 2. The molecule has 0 spiro atoms. The van der Waals surface area contributed by atoms with Crippen molar-refractivity contribution in [3.05, 3.63) is 65.2 Å². The lowest BCUT2D eigenvalue weighted by Crippen LogP contribution is -2.03. The van der Waals surface area contributed by atoms with Gasteiger partial charge in [0.15, 0.2) is 17.5 Å². The summed E-state index contributed by atoms with van der Waals surface area (Å²) in [4.78, 5) is 14.3. The third kappa shape index (κ3) is 8.04. The zero-order chi connectivity index (χ0) is 30.8. The number of rotatable bonds is 15. The van der Waals surface area contributed by atoms with E-state index in [4.69, 9.17) is 24.4 Å². The van der Waals surface area contributed by atoms with Crippen LogP contribution in [0, 0.1) is 20.8 Å². The van der Waals surface area contributed by atoms with Gasteiger partial charge < -0.3 is 19.7 Å². The van der Waals surface area contributed by atoms with E-state index >= 15 is 0 Å². The zero-order valence-corrected chi connectivity index (χ0v) is 26.2. The van der Waals surface area contributed by atoms with E-state index in [1.165, 1.54) is 25.7 Å². The molecule has 43 heavy (non-hydrogen) atoms. The van der Waals surface area contributed by atoms with Crippen molar-refractivity contribution in [2.24, 2.45) is 0 Å². The van der Waals surface area contributed by atoms with Crippen molar-refractivity contribution in [1.29, 1.82) is 0 Å². The second-order valence-corrected chi connectivity index (χ2v) is 11.2. The second kappa shape index (κ2) is 15.4. The normalized spacial score (nSPS) is 11.1. The third-order valence-electron chi connectivity index (χ3n) is 7.70. The largest absolute Gasteiger partial charge is 0.507 e. The summed E-state index contributed by atoms with van der Waals surface area (Å²) in [6.45, 7) is 11.3. The van der Waals surface area contributed by atoms with Crippen LogP contribution in [-0.2, 0) is 0 Å². The predicted octanol–water partition coefficient (Wildman–Crippen LogP) is 9.13. The van der Waals surface area contributed by atoms with Crippen LogP contribution in [0.4, 0.5) is 0 Å². The van der Waals surface area contributed by atoms with Crippen molar-refractivity contribution < 1.29 is 19.7 Å². The molecule has 3 aromatic carbocycles. The topological polar surface area (TPSA) is 97.6 Å². The van der Waals surface area contributed by atoms with Crippen molar-refractivity contribution in [1.82, 2.24) is 15.0 Å². The minimum absolute atomic E-state index is 0.0605. The Bertz CT molecular complexity index is 1410. The van der Waals surface area contributed by atoms with E-state index in [9.17, 15) is 10.2 Å². The van der Waals surface area contributed by atoms with Gasteiger partial charge >= 0.3 is 0 Å². The highest BCUT2D eigenvalue weighted by atomic mass is 16.5. The fourth-order valence-electron chi connectivity index (χ4n) is 4.91. The number of phenols is 2. The predicted molar refractivity (Wildman–Crippen MR) is 173 cm³/mol. The highest BCUT2D eigenvalue weighted by Crippen LogP contribution is 2.39. The molecule has 2 N–H and O–H groups in total. The summed E-state index contributed by atoms with van der Waals surface area (Å²) < 4.78 is 12.0. The maximum atomic E-state index is 11.3. The van der Waals surface area contributed by atoms with E-state index in [0.717, 1.165) is 36.8 Å². The van der Waals surface area contributed by atoms with Crippen LogP contribution in [-0.4, -0.2) is 38.4 Å². The molecule has 0 unspecified atom stereocenters. The van der Waals surface area contributed by atoms with E-state index in [-0.39, 0.29) is 11.5 Å². The van der Waals surface area contributed by atoms with Gasteiger partial charge in [0.2, 0.25) is 0 Å². The lowest BCUT2D eigenvalue weighted by Gasteiger charge is -2.15. The molecule has 7 nitrogen and oxygen atoms in total. The number of benzene rings is 3. The first-order valence-corrected chi connectivity index (χ1v) is 15.6. The van der Waals surface area contributed by atoms with Gasteiger partial charge in [-0.1, -0.05) is 82.2 Å². The first-order chi connectivity index (χ1) is 20.8. The molecule has 228 valence electrons. The molecular formula is C36H45N3O4.